The second kappa shape index (κ2) is 14.6. The van der Waals surface area contributed by atoms with E-state index in [0.717, 1.165) is 24.3 Å². The normalized spacial score (nSPS) is 11.2. The zero-order chi connectivity index (χ0) is 25.8. The summed E-state index contributed by atoms with van der Waals surface area (Å²) in [6.45, 7) is 1.45. The predicted octanol–water partition coefficient (Wildman–Crippen LogP) is 1.99. The van der Waals surface area contributed by atoms with E-state index < -0.39 is 12.0 Å². The van der Waals surface area contributed by atoms with E-state index in [0.29, 0.717) is 36.0 Å². The van der Waals surface area contributed by atoms with Crippen molar-refractivity contribution in [3.05, 3.63) is 29.8 Å². The molecule has 3 N–H and O–H groups in total. The molecule has 1 aromatic heterocycles. The molecule has 0 aliphatic heterocycles. The lowest BCUT2D eigenvalue weighted by molar-refractivity contribution is -0.138. The van der Waals surface area contributed by atoms with Crippen molar-refractivity contribution in [1.29, 1.82) is 0 Å². The molecule has 0 aliphatic carbocycles. The first kappa shape index (κ1) is 29.5. The standard InChI is InChI=1S/C13H18Cl2N2O2.C9H18N6/c14-5-7-17(8-6-15)11-3-1-10(2-4-11)9-12(16)13(18)19;1-13(2)7-10-8(14(3)4)12-9(11-7)15(5)6/h1-4,12H,5-9,16H2,(H,18,19);1-6H3/t12-;/m0./s1. The minimum absolute atomic E-state index is 0.320. The average molecular weight is 515 g/mol. The third-order valence-electron chi connectivity index (χ3n) is 4.58. The van der Waals surface area contributed by atoms with Gasteiger partial charge in [-0.05, 0) is 24.1 Å². The molecule has 0 aliphatic rings. The Hall–Kier alpha value is -2.56. The van der Waals surface area contributed by atoms with Gasteiger partial charge in [-0.1, -0.05) is 12.1 Å². The van der Waals surface area contributed by atoms with Crippen LogP contribution < -0.4 is 25.3 Å². The number of carbonyl (C=O) groups is 1. The number of aliphatic carboxylic acids is 1. The average Bonchev–Trinajstić information content (AvgIpc) is 2.79. The van der Waals surface area contributed by atoms with Gasteiger partial charge in [-0.15, -0.1) is 23.2 Å². The minimum Gasteiger partial charge on any atom is -0.480 e. The molecule has 0 spiro atoms. The Balaban J connectivity index is 0.000000350. The molecular formula is C22H36Cl2N8O2. The SMILES string of the molecule is CN(C)c1nc(N(C)C)nc(N(C)C)n1.N[C@@H](Cc1ccc(N(CCCl)CCCl)cc1)C(=O)O. The summed E-state index contributed by atoms with van der Waals surface area (Å²) >= 11 is 11.5. The number of benzene rings is 1. The zero-order valence-electron chi connectivity index (χ0n) is 20.7. The molecular weight excluding hydrogens is 479 g/mol. The fourth-order valence-electron chi connectivity index (χ4n) is 2.70. The van der Waals surface area contributed by atoms with Crippen LogP contribution in [0.1, 0.15) is 5.56 Å². The van der Waals surface area contributed by atoms with Crippen LogP contribution in [0.4, 0.5) is 23.5 Å². The topological polar surface area (TPSA) is 115 Å². The Morgan fingerprint density at radius 2 is 1.24 bits per heavy atom. The second-order valence-electron chi connectivity index (χ2n) is 8.10. The first-order valence-corrected chi connectivity index (χ1v) is 11.8. The summed E-state index contributed by atoms with van der Waals surface area (Å²) in [7, 11) is 11.5. The van der Waals surface area contributed by atoms with E-state index in [-0.39, 0.29) is 0 Å². The number of nitrogens with zero attached hydrogens (tertiary/aromatic N) is 7. The van der Waals surface area contributed by atoms with Crippen molar-refractivity contribution in [3.63, 3.8) is 0 Å². The number of hydrogen-bond donors (Lipinski definition) is 2. The summed E-state index contributed by atoms with van der Waals surface area (Å²) in [6.07, 6.45) is 0.320. The lowest BCUT2D eigenvalue weighted by atomic mass is 10.1. The molecule has 0 radical (unpaired) electrons. The van der Waals surface area contributed by atoms with Crippen LogP contribution in [0.25, 0.3) is 0 Å². The number of carboxylic acids is 1. The maximum absolute atomic E-state index is 10.7. The molecule has 12 heteroatoms. The first-order chi connectivity index (χ1) is 16.0. The van der Waals surface area contributed by atoms with E-state index >= 15 is 0 Å². The van der Waals surface area contributed by atoms with Crippen LogP contribution >= 0.6 is 23.2 Å². The van der Waals surface area contributed by atoms with E-state index in [1.54, 1.807) is 0 Å². The summed E-state index contributed by atoms with van der Waals surface area (Å²) in [5.41, 5.74) is 7.42. The summed E-state index contributed by atoms with van der Waals surface area (Å²) in [4.78, 5) is 31.3. The molecule has 34 heavy (non-hydrogen) atoms. The summed E-state index contributed by atoms with van der Waals surface area (Å²) in [5.74, 6) is 2.06. The van der Waals surface area contributed by atoms with Crippen LogP contribution in [-0.2, 0) is 11.2 Å². The number of carboxylic acid groups (broad SMARTS) is 1. The smallest absolute Gasteiger partial charge is 0.320 e. The van der Waals surface area contributed by atoms with Gasteiger partial charge in [0.2, 0.25) is 17.8 Å². The maximum Gasteiger partial charge on any atom is 0.320 e. The van der Waals surface area contributed by atoms with E-state index in [9.17, 15) is 4.79 Å². The van der Waals surface area contributed by atoms with Crippen LogP contribution in [-0.4, -0.2) is 99.2 Å². The van der Waals surface area contributed by atoms with Gasteiger partial charge in [0.25, 0.3) is 0 Å². The van der Waals surface area contributed by atoms with E-state index in [1.165, 1.54) is 0 Å². The number of alkyl halides is 2. The molecule has 0 saturated heterocycles. The second-order valence-corrected chi connectivity index (χ2v) is 8.85. The highest BCUT2D eigenvalue weighted by Crippen LogP contribution is 2.17. The number of halogens is 2. The quantitative estimate of drug-likeness (QED) is 0.431. The maximum atomic E-state index is 10.7. The van der Waals surface area contributed by atoms with Gasteiger partial charge in [0.05, 0.1) is 0 Å². The summed E-state index contributed by atoms with van der Waals surface area (Å²) < 4.78 is 0. The van der Waals surface area contributed by atoms with Gasteiger partial charge in [-0.3, -0.25) is 4.79 Å². The first-order valence-electron chi connectivity index (χ1n) is 10.7. The number of nitrogens with two attached hydrogens (primary N) is 1. The van der Waals surface area contributed by atoms with Gasteiger partial charge in [-0.25, -0.2) is 0 Å². The highest BCUT2D eigenvalue weighted by molar-refractivity contribution is 6.18. The largest absolute Gasteiger partial charge is 0.480 e. The highest BCUT2D eigenvalue weighted by Gasteiger charge is 2.13. The van der Waals surface area contributed by atoms with Crippen molar-refractivity contribution in [1.82, 2.24) is 15.0 Å². The molecule has 0 fully saturated rings. The molecule has 0 amide bonds. The minimum atomic E-state index is -0.991. The van der Waals surface area contributed by atoms with Crippen molar-refractivity contribution in [3.8, 4) is 0 Å². The van der Waals surface area contributed by atoms with Crippen molar-refractivity contribution in [2.45, 2.75) is 12.5 Å². The summed E-state index contributed by atoms with van der Waals surface area (Å²) in [5, 5.41) is 8.76. The summed E-state index contributed by atoms with van der Waals surface area (Å²) in [6, 6.07) is 6.76. The van der Waals surface area contributed by atoms with Gasteiger partial charge in [0.1, 0.15) is 6.04 Å². The zero-order valence-corrected chi connectivity index (χ0v) is 22.3. The van der Waals surface area contributed by atoms with Crippen LogP contribution in [0.15, 0.2) is 24.3 Å². The lowest BCUT2D eigenvalue weighted by Crippen LogP contribution is -2.32. The Bertz CT molecular complexity index is 811. The van der Waals surface area contributed by atoms with E-state index in [1.807, 2.05) is 81.3 Å². The van der Waals surface area contributed by atoms with Gasteiger partial charge in [0.15, 0.2) is 0 Å². The highest BCUT2D eigenvalue weighted by atomic mass is 35.5. The van der Waals surface area contributed by atoms with Crippen LogP contribution in [0.2, 0.25) is 0 Å². The van der Waals surface area contributed by atoms with Gasteiger partial charge >= 0.3 is 5.97 Å². The Kier molecular flexibility index (Phi) is 12.7. The van der Waals surface area contributed by atoms with Crippen molar-refractivity contribution >= 4 is 52.7 Å². The fraction of sp³-hybridized carbons (Fsp3) is 0.545. The van der Waals surface area contributed by atoms with Crippen molar-refractivity contribution < 1.29 is 9.90 Å². The molecule has 1 aromatic carbocycles. The van der Waals surface area contributed by atoms with Crippen molar-refractivity contribution in [2.75, 3.05) is 86.7 Å². The fourth-order valence-corrected chi connectivity index (χ4v) is 3.11. The van der Waals surface area contributed by atoms with E-state index in [2.05, 4.69) is 19.9 Å². The number of rotatable bonds is 11. The third kappa shape index (κ3) is 9.74. The number of aromatic nitrogens is 3. The Morgan fingerprint density at radius 3 is 1.53 bits per heavy atom. The van der Waals surface area contributed by atoms with Gasteiger partial charge in [0, 0.05) is 72.8 Å². The monoisotopic (exact) mass is 514 g/mol. The van der Waals surface area contributed by atoms with E-state index in [4.69, 9.17) is 34.0 Å². The Morgan fingerprint density at radius 1 is 0.853 bits per heavy atom. The Labute approximate surface area is 212 Å². The molecule has 1 atom stereocenters. The number of anilines is 4. The lowest BCUT2D eigenvalue weighted by Gasteiger charge is -2.23. The van der Waals surface area contributed by atoms with Crippen LogP contribution in [0.3, 0.4) is 0 Å². The predicted molar refractivity (Wildman–Crippen MR) is 142 cm³/mol. The van der Waals surface area contributed by atoms with Gasteiger partial charge in [-0.2, -0.15) is 15.0 Å². The third-order valence-corrected chi connectivity index (χ3v) is 4.92. The molecule has 0 bridgehead atoms. The molecule has 2 rings (SSSR count). The number of hydrogen-bond acceptors (Lipinski definition) is 9. The van der Waals surface area contributed by atoms with Crippen LogP contribution in [0.5, 0.6) is 0 Å². The molecule has 0 saturated carbocycles. The molecule has 190 valence electrons. The molecule has 0 unspecified atom stereocenters. The van der Waals surface area contributed by atoms with Crippen LogP contribution in [0, 0.1) is 0 Å². The molecule has 1 heterocycles. The molecule has 2 aromatic rings. The van der Waals surface area contributed by atoms with Crippen molar-refractivity contribution in [2.24, 2.45) is 5.73 Å². The van der Waals surface area contributed by atoms with Gasteiger partial charge < -0.3 is 30.4 Å². The molecule has 10 nitrogen and oxygen atoms in total.